The zero-order valence-corrected chi connectivity index (χ0v) is 14.6. The second-order valence-electron chi connectivity index (χ2n) is 4.83. The summed E-state index contributed by atoms with van der Waals surface area (Å²) in [6, 6.07) is 15.3. The molecule has 6 heteroatoms. The van der Waals surface area contributed by atoms with Gasteiger partial charge in [-0.2, -0.15) is 0 Å². The van der Waals surface area contributed by atoms with E-state index in [9.17, 15) is 0 Å². The Hall–Kier alpha value is -1.72. The van der Waals surface area contributed by atoms with Gasteiger partial charge in [-0.1, -0.05) is 23.7 Å². The van der Waals surface area contributed by atoms with Crippen molar-refractivity contribution in [1.29, 1.82) is 5.41 Å². The highest BCUT2D eigenvalue weighted by molar-refractivity contribution is 8.93. The van der Waals surface area contributed by atoms with Gasteiger partial charge in [-0.15, -0.1) is 17.0 Å². The minimum Gasteiger partial charge on any atom is -0.492 e. The smallest absolute Gasteiger partial charge is 0.202 e. The first-order valence-electron chi connectivity index (χ1n) is 6.74. The van der Waals surface area contributed by atoms with E-state index in [0.29, 0.717) is 23.8 Å². The summed E-state index contributed by atoms with van der Waals surface area (Å²) in [5.74, 6) is 0.784. The van der Waals surface area contributed by atoms with Crippen molar-refractivity contribution in [3.05, 3.63) is 59.2 Å². The first kappa shape index (κ1) is 16.6. The number of fused-ring (bicyclic) bond motifs is 1. The number of nitrogens with zero attached hydrogens (tertiary/aromatic N) is 2. The summed E-state index contributed by atoms with van der Waals surface area (Å²) in [6.07, 6.45) is 0. The average molecular weight is 383 g/mol. The molecule has 0 aliphatic rings. The fourth-order valence-corrected chi connectivity index (χ4v) is 2.52. The number of aryl methyl sites for hydroxylation is 1. The van der Waals surface area contributed by atoms with E-state index in [1.54, 1.807) is 12.1 Å². The van der Waals surface area contributed by atoms with Crippen molar-refractivity contribution < 1.29 is 4.74 Å². The summed E-state index contributed by atoms with van der Waals surface area (Å²) in [6.45, 7) is 1.13. The number of hydrogen-bond acceptors (Lipinski definition) is 2. The first-order chi connectivity index (χ1) is 10.2. The van der Waals surface area contributed by atoms with Crippen molar-refractivity contribution in [2.75, 3.05) is 6.61 Å². The van der Waals surface area contributed by atoms with E-state index in [-0.39, 0.29) is 17.0 Å². The van der Waals surface area contributed by atoms with Crippen LogP contribution >= 0.6 is 28.6 Å². The van der Waals surface area contributed by atoms with Crippen molar-refractivity contribution in [2.24, 2.45) is 7.05 Å². The molecule has 116 valence electrons. The van der Waals surface area contributed by atoms with Crippen LogP contribution in [0.1, 0.15) is 0 Å². The van der Waals surface area contributed by atoms with Gasteiger partial charge in [0.05, 0.1) is 17.6 Å². The summed E-state index contributed by atoms with van der Waals surface area (Å²) < 4.78 is 9.53. The topological polar surface area (TPSA) is 42.9 Å². The number of benzene rings is 2. The van der Waals surface area contributed by atoms with Crippen LogP contribution in [0.3, 0.4) is 0 Å². The largest absolute Gasteiger partial charge is 0.492 e. The van der Waals surface area contributed by atoms with Crippen LogP contribution in [0.4, 0.5) is 0 Å². The molecule has 0 atom stereocenters. The third kappa shape index (κ3) is 3.20. The van der Waals surface area contributed by atoms with E-state index in [1.807, 2.05) is 52.6 Å². The maximum absolute atomic E-state index is 8.19. The van der Waals surface area contributed by atoms with Gasteiger partial charge >= 0.3 is 0 Å². The summed E-state index contributed by atoms with van der Waals surface area (Å²) in [5.41, 5.74) is 2.56. The van der Waals surface area contributed by atoms with E-state index in [0.717, 1.165) is 16.8 Å². The molecule has 0 bridgehead atoms. The zero-order chi connectivity index (χ0) is 14.8. The number of hydrogen-bond donors (Lipinski definition) is 1. The Morgan fingerprint density at radius 1 is 1.05 bits per heavy atom. The molecule has 22 heavy (non-hydrogen) atoms. The number of para-hydroxylation sites is 2. The molecule has 2 aromatic carbocycles. The highest BCUT2D eigenvalue weighted by Crippen LogP contribution is 2.16. The van der Waals surface area contributed by atoms with Crippen molar-refractivity contribution in [3.8, 4) is 5.75 Å². The maximum atomic E-state index is 8.19. The molecule has 0 fully saturated rings. The van der Waals surface area contributed by atoms with E-state index in [2.05, 4.69) is 0 Å². The standard InChI is InChI=1S/C16H16ClN3O.BrH/c1-19-14-4-2-3-5-15(14)20(16(19)18)10-11-21-13-8-6-12(17)7-9-13;/h2-9,18H,10-11H2,1H3;1H. The van der Waals surface area contributed by atoms with Gasteiger partial charge in [0.2, 0.25) is 5.62 Å². The minimum absolute atomic E-state index is 0. The number of ether oxygens (including phenoxy) is 1. The van der Waals surface area contributed by atoms with Crippen LogP contribution in [0.5, 0.6) is 5.75 Å². The molecule has 0 radical (unpaired) electrons. The molecular weight excluding hydrogens is 366 g/mol. The summed E-state index contributed by atoms with van der Waals surface area (Å²) >= 11 is 5.84. The van der Waals surface area contributed by atoms with Gasteiger partial charge in [-0.05, 0) is 36.4 Å². The predicted molar refractivity (Wildman–Crippen MR) is 94.0 cm³/mol. The molecule has 0 amide bonds. The highest BCUT2D eigenvalue weighted by atomic mass is 79.9. The molecule has 3 rings (SSSR count). The van der Waals surface area contributed by atoms with Gasteiger partial charge in [0.15, 0.2) is 0 Å². The molecule has 0 unspecified atom stereocenters. The van der Waals surface area contributed by atoms with E-state index in [4.69, 9.17) is 21.7 Å². The van der Waals surface area contributed by atoms with Crippen LogP contribution in [0.15, 0.2) is 48.5 Å². The van der Waals surface area contributed by atoms with E-state index in [1.165, 1.54) is 0 Å². The number of halogens is 2. The molecule has 4 nitrogen and oxygen atoms in total. The third-order valence-electron chi connectivity index (χ3n) is 3.50. The monoisotopic (exact) mass is 381 g/mol. The molecule has 0 spiro atoms. The van der Waals surface area contributed by atoms with Crippen LogP contribution in [0, 0.1) is 5.41 Å². The Labute approximate surface area is 144 Å². The Bertz CT molecular complexity index is 824. The summed E-state index contributed by atoms with van der Waals surface area (Å²) in [7, 11) is 1.90. The van der Waals surface area contributed by atoms with Crippen LogP contribution in [0.2, 0.25) is 5.02 Å². The van der Waals surface area contributed by atoms with Crippen molar-refractivity contribution >= 4 is 39.6 Å². The van der Waals surface area contributed by atoms with E-state index >= 15 is 0 Å². The lowest BCUT2D eigenvalue weighted by Gasteiger charge is -2.07. The zero-order valence-electron chi connectivity index (χ0n) is 12.1. The van der Waals surface area contributed by atoms with Gasteiger partial charge in [-0.3, -0.25) is 5.41 Å². The molecule has 0 saturated carbocycles. The van der Waals surface area contributed by atoms with Crippen LogP contribution in [-0.2, 0) is 13.6 Å². The van der Waals surface area contributed by atoms with Crippen LogP contribution in [-0.4, -0.2) is 15.7 Å². The SMILES string of the molecule is Br.Cn1c(=N)n(CCOc2ccc(Cl)cc2)c2ccccc21. The van der Waals surface area contributed by atoms with Gasteiger partial charge in [0.1, 0.15) is 12.4 Å². The fourth-order valence-electron chi connectivity index (χ4n) is 2.40. The maximum Gasteiger partial charge on any atom is 0.202 e. The van der Waals surface area contributed by atoms with E-state index < -0.39 is 0 Å². The number of nitrogens with one attached hydrogen (secondary N) is 1. The molecular formula is C16H17BrClN3O. The van der Waals surface area contributed by atoms with Crippen molar-refractivity contribution in [1.82, 2.24) is 9.13 Å². The predicted octanol–water partition coefficient (Wildman–Crippen LogP) is 3.77. The molecule has 0 aliphatic carbocycles. The molecule has 1 heterocycles. The van der Waals surface area contributed by atoms with Gasteiger partial charge < -0.3 is 13.9 Å². The second-order valence-corrected chi connectivity index (χ2v) is 5.26. The molecule has 1 N–H and O–H groups in total. The van der Waals surface area contributed by atoms with Crippen LogP contribution in [0.25, 0.3) is 11.0 Å². The average Bonchev–Trinajstić information content (AvgIpc) is 2.75. The number of rotatable bonds is 4. The molecule has 3 aromatic rings. The normalized spacial score (nSPS) is 10.5. The minimum atomic E-state index is 0. The lowest BCUT2D eigenvalue weighted by atomic mass is 10.3. The molecule has 0 aliphatic heterocycles. The first-order valence-corrected chi connectivity index (χ1v) is 7.12. The Balaban J connectivity index is 0.00000176. The fraction of sp³-hybridized carbons (Fsp3) is 0.188. The van der Waals surface area contributed by atoms with Gasteiger partial charge in [0, 0.05) is 12.1 Å². The quantitative estimate of drug-likeness (QED) is 0.733. The lowest BCUT2D eigenvalue weighted by Crippen LogP contribution is -2.24. The highest BCUT2D eigenvalue weighted by Gasteiger charge is 2.07. The second kappa shape index (κ2) is 7.03. The summed E-state index contributed by atoms with van der Waals surface area (Å²) in [5, 5.41) is 8.88. The van der Waals surface area contributed by atoms with Crippen molar-refractivity contribution in [2.45, 2.75) is 6.54 Å². The van der Waals surface area contributed by atoms with Crippen molar-refractivity contribution in [3.63, 3.8) is 0 Å². The van der Waals surface area contributed by atoms with Gasteiger partial charge in [0.25, 0.3) is 0 Å². The van der Waals surface area contributed by atoms with Crippen LogP contribution < -0.4 is 10.4 Å². The van der Waals surface area contributed by atoms with Gasteiger partial charge in [-0.25, -0.2) is 0 Å². The molecule has 1 aromatic heterocycles. The Kier molecular flexibility index (Phi) is 5.32. The molecule has 0 saturated heterocycles. The number of imidazole rings is 1. The Morgan fingerprint density at radius 3 is 2.36 bits per heavy atom. The summed E-state index contributed by atoms with van der Waals surface area (Å²) in [4.78, 5) is 0. The Morgan fingerprint density at radius 2 is 1.68 bits per heavy atom. The number of aromatic nitrogens is 2. The lowest BCUT2D eigenvalue weighted by molar-refractivity contribution is 0.297. The third-order valence-corrected chi connectivity index (χ3v) is 3.76.